The van der Waals surface area contributed by atoms with E-state index in [-0.39, 0.29) is 11.4 Å². The Bertz CT molecular complexity index is 964. The number of hydrogen-bond donors (Lipinski definition) is 2. The van der Waals surface area contributed by atoms with Crippen LogP contribution in [-0.2, 0) is 0 Å². The fourth-order valence-electron chi connectivity index (χ4n) is 2.40. The van der Waals surface area contributed by atoms with E-state index in [2.05, 4.69) is 24.6 Å². The van der Waals surface area contributed by atoms with Crippen molar-refractivity contribution in [2.75, 3.05) is 0 Å². The molecule has 0 amide bonds. The summed E-state index contributed by atoms with van der Waals surface area (Å²) in [4.78, 5) is 10.6. The lowest BCUT2D eigenvalue weighted by atomic mass is 10.1. The third kappa shape index (κ3) is 2.81. The molecule has 0 aliphatic carbocycles. The molecule has 0 bridgehead atoms. The minimum atomic E-state index is -0.0855. The number of hydrogen-bond acceptors (Lipinski definition) is 5. The Hall–Kier alpha value is -2.37. The Morgan fingerprint density at radius 3 is 2.74 bits per heavy atom. The summed E-state index contributed by atoms with van der Waals surface area (Å²) < 4.78 is 2.16. The molecular formula is C15H13N4O2PS. The molecule has 2 N–H and O–H groups in total. The van der Waals surface area contributed by atoms with Crippen molar-refractivity contribution in [1.82, 2.24) is 14.8 Å². The van der Waals surface area contributed by atoms with Gasteiger partial charge in [-0.3, -0.25) is 9.67 Å². The van der Waals surface area contributed by atoms with Crippen LogP contribution in [0.25, 0.3) is 17.1 Å². The summed E-state index contributed by atoms with van der Waals surface area (Å²) in [5.41, 5.74) is 2.48. The smallest absolute Gasteiger partial charge is 0.200 e. The topological polar surface area (TPSA) is 83.3 Å². The zero-order chi connectivity index (χ0) is 16.6. The summed E-state index contributed by atoms with van der Waals surface area (Å²) in [6.07, 6.45) is 0. The predicted molar refractivity (Wildman–Crippen MR) is 95.4 cm³/mol. The van der Waals surface area contributed by atoms with Gasteiger partial charge in [0.25, 0.3) is 0 Å². The van der Waals surface area contributed by atoms with Crippen LogP contribution in [0.2, 0.25) is 0 Å². The number of benzene rings is 2. The van der Waals surface area contributed by atoms with Crippen molar-refractivity contribution in [3.8, 4) is 22.8 Å². The van der Waals surface area contributed by atoms with Crippen molar-refractivity contribution < 1.29 is 5.11 Å². The first kappa shape index (κ1) is 15.5. The maximum Gasteiger partial charge on any atom is 0.200 e. The van der Waals surface area contributed by atoms with Gasteiger partial charge in [0, 0.05) is 6.07 Å². The van der Waals surface area contributed by atoms with Gasteiger partial charge in [0.05, 0.1) is 11.3 Å². The molecule has 1 atom stereocenters. The average molecular weight is 344 g/mol. The van der Waals surface area contributed by atoms with Gasteiger partial charge >= 0.3 is 0 Å². The molecular weight excluding hydrogens is 331 g/mol. The molecule has 1 aromatic heterocycles. The van der Waals surface area contributed by atoms with E-state index in [1.807, 2.05) is 25.1 Å². The van der Waals surface area contributed by atoms with Crippen LogP contribution >= 0.6 is 21.5 Å². The SMILES string of the molecule is Cc1cc(P)ccc1-n1c(-c2ccc(N=O)cc2O)n[nH]c1=S. The molecule has 0 fully saturated rings. The fraction of sp³-hybridized carbons (Fsp3) is 0.0667. The Balaban J connectivity index is 2.24. The molecule has 0 saturated carbocycles. The molecule has 8 heteroatoms. The van der Waals surface area contributed by atoms with E-state index in [9.17, 15) is 10.0 Å². The van der Waals surface area contributed by atoms with Crippen LogP contribution in [0.5, 0.6) is 5.75 Å². The third-order valence-electron chi connectivity index (χ3n) is 3.46. The number of nitrogens with zero attached hydrogens (tertiary/aromatic N) is 3. The van der Waals surface area contributed by atoms with Crippen LogP contribution < -0.4 is 5.30 Å². The number of aromatic nitrogens is 3. The average Bonchev–Trinajstić information content (AvgIpc) is 2.89. The second kappa shape index (κ2) is 6.02. The monoisotopic (exact) mass is 344 g/mol. The number of H-pyrrole nitrogens is 1. The van der Waals surface area contributed by atoms with E-state index >= 15 is 0 Å². The molecule has 6 nitrogen and oxygen atoms in total. The van der Waals surface area contributed by atoms with Gasteiger partial charge in [0.15, 0.2) is 10.6 Å². The van der Waals surface area contributed by atoms with Crippen molar-refractivity contribution in [1.29, 1.82) is 0 Å². The third-order valence-corrected chi connectivity index (χ3v) is 4.09. The highest BCUT2D eigenvalue weighted by Crippen LogP contribution is 2.33. The highest BCUT2D eigenvalue weighted by atomic mass is 32.1. The standard InChI is InChI=1S/C15H13N4O2PS/c1-8-6-10(22)3-5-12(8)19-14(16-17-15(19)23)11-4-2-9(18-21)7-13(11)20/h2-7,20H,22H2,1H3,(H,17,23). The van der Waals surface area contributed by atoms with Gasteiger partial charge in [0.2, 0.25) is 0 Å². The number of nitrogens with one attached hydrogen (secondary N) is 1. The van der Waals surface area contributed by atoms with E-state index in [1.54, 1.807) is 10.6 Å². The zero-order valence-electron chi connectivity index (χ0n) is 12.1. The van der Waals surface area contributed by atoms with Crippen LogP contribution in [0, 0.1) is 16.6 Å². The molecule has 0 spiro atoms. The molecule has 23 heavy (non-hydrogen) atoms. The zero-order valence-corrected chi connectivity index (χ0v) is 14.1. The summed E-state index contributed by atoms with van der Waals surface area (Å²) in [6, 6.07) is 10.3. The van der Waals surface area contributed by atoms with E-state index in [0.29, 0.717) is 16.2 Å². The number of aromatic hydroxyl groups is 1. The van der Waals surface area contributed by atoms with E-state index in [1.165, 1.54) is 12.1 Å². The first-order valence-corrected chi connectivity index (χ1v) is 7.70. The molecule has 2 aromatic carbocycles. The largest absolute Gasteiger partial charge is 0.507 e. The van der Waals surface area contributed by atoms with Gasteiger partial charge in [-0.25, -0.2) is 0 Å². The predicted octanol–water partition coefficient (Wildman–Crippen LogP) is 3.51. The van der Waals surface area contributed by atoms with Crippen LogP contribution in [0.1, 0.15) is 5.56 Å². The first-order valence-electron chi connectivity index (χ1n) is 6.72. The molecule has 1 unspecified atom stereocenters. The number of rotatable bonds is 3. The lowest BCUT2D eigenvalue weighted by molar-refractivity contribution is 0.477. The van der Waals surface area contributed by atoms with Crippen LogP contribution in [0.4, 0.5) is 5.69 Å². The van der Waals surface area contributed by atoms with Gasteiger partial charge in [-0.15, -0.1) is 14.1 Å². The van der Waals surface area contributed by atoms with Gasteiger partial charge in [-0.05, 0) is 53.4 Å². The number of aromatic amines is 1. The molecule has 1 heterocycles. The normalized spacial score (nSPS) is 10.7. The summed E-state index contributed by atoms with van der Waals surface area (Å²) in [5, 5.41) is 21.0. The molecule has 0 saturated heterocycles. The maximum absolute atomic E-state index is 10.6. The molecule has 116 valence electrons. The summed E-state index contributed by atoms with van der Waals surface area (Å²) in [5.74, 6) is 0.377. The van der Waals surface area contributed by atoms with E-state index in [0.717, 1.165) is 16.6 Å². The highest BCUT2D eigenvalue weighted by molar-refractivity contribution is 7.71. The van der Waals surface area contributed by atoms with E-state index < -0.39 is 0 Å². The van der Waals surface area contributed by atoms with Gasteiger partial charge in [-0.1, -0.05) is 12.1 Å². The molecule has 3 aromatic rings. The van der Waals surface area contributed by atoms with E-state index in [4.69, 9.17) is 12.2 Å². The summed E-state index contributed by atoms with van der Waals surface area (Å²) >= 11 is 5.33. The lowest BCUT2D eigenvalue weighted by Crippen LogP contribution is -2.03. The number of phenolic OH excluding ortho intramolecular Hbond substituents is 1. The molecule has 3 rings (SSSR count). The first-order chi connectivity index (χ1) is 11.0. The van der Waals surface area contributed by atoms with Gasteiger partial charge in [-0.2, -0.15) is 5.10 Å². The quantitative estimate of drug-likeness (QED) is 0.433. The Morgan fingerprint density at radius 2 is 2.09 bits per heavy atom. The van der Waals surface area contributed by atoms with Gasteiger partial charge in [0.1, 0.15) is 11.4 Å². The Kier molecular flexibility index (Phi) is 4.07. The fourth-order valence-corrected chi connectivity index (χ4v) is 2.97. The van der Waals surface area contributed by atoms with Crippen molar-refractivity contribution in [2.24, 2.45) is 5.18 Å². The second-order valence-corrected chi connectivity index (χ2v) is 6.08. The number of aryl methyl sites for hydroxylation is 1. The molecule has 0 aliphatic rings. The van der Waals surface area contributed by atoms with Gasteiger partial charge < -0.3 is 5.11 Å². The summed E-state index contributed by atoms with van der Waals surface area (Å²) in [7, 11) is 2.65. The van der Waals surface area contributed by atoms with Crippen LogP contribution in [-0.4, -0.2) is 19.9 Å². The highest BCUT2D eigenvalue weighted by Gasteiger charge is 2.16. The maximum atomic E-state index is 10.6. The lowest BCUT2D eigenvalue weighted by Gasteiger charge is -2.11. The Labute approximate surface area is 139 Å². The second-order valence-electron chi connectivity index (χ2n) is 5.03. The van der Waals surface area contributed by atoms with Crippen molar-refractivity contribution in [2.45, 2.75) is 6.92 Å². The van der Waals surface area contributed by atoms with Crippen LogP contribution in [0.15, 0.2) is 41.6 Å². The van der Waals surface area contributed by atoms with Crippen LogP contribution in [0.3, 0.4) is 0 Å². The Morgan fingerprint density at radius 1 is 1.30 bits per heavy atom. The minimum absolute atomic E-state index is 0.0855. The van der Waals surface area contributed by atoms with Crippen molar-refractivity contribution in [3.63, 3.8) is 0 Å². The molecule has 0 radical (unpaired) electrons. The number of nitroso groups, excluding NO2 is 1. The minimum Gasteiger partial charge on any atom is -0.507 e. The number of phenols is 1. The van der Waals surface area contributed by atoms with Crippen molar-refractivity contribution in [3.05, 3.63) is 51.6 Å². The summed E-state index contributed by atoms with van der Waals surface area (Å²) in [6.45, 7) is 1.97. The molecule has 0 aliphatic heterocycles. The van der Waals surface area contributed by atoms with Crippen molar-refractivity contribution >= 4 is 32.4 Å².